The summed E-state index contributed by atoms with van der Waals surface area (Å²) in [5.41, 5.74) is 1.09. The Balaban J connectivity index is 2.04. The van der Waals surface area contributed by atoms with Gasteiger partial charge in [0.25, 0.3) is 0 Å². The molecular formula is C14H18O4S. The van der Waals surface area contributed by atoms with Gasteiger partial charge in [0.15, 0.2) is 0 Å². The van der Waals surface area contributed by atoms with E-state index in [1.54, 1.807) is 6.92 Å². The Bertz CT molecular complexity index is 486. The molecule has 104 valence electrons. The first-order chi connectivity index (χ1) is 9.08. The highest BCUT2D eigenvalue weighted by Crippen LogP contribution is 2.34. The van der Waals surface area contributed by atoms with E-state index in [-0.39, 0.29) is 17.6 Å². The SMILES string of the molecule is CC(CC(=O)O)S(=O)CC1CCOc2ccccc21. The van der Waals surface area contributed by atoms with Crippen molar-refractivity contribution in [3.05, 3.63) is 29.8 Å². The predicted molar refractivity (Wildman–Crippen MR) is 74.0 cm³/mol. The number of rotatable bonds is 5. The van der Waals surface area contributed by atoms with Gasteiger partial charge in [-0.3, -0.25) is 9.00 Å². The molecule has 0 saturated heterocycles. The summed E-state index contributed by atoms with van der Waals surface area (Å²) in [4.78, 5) is 10.7. The molecule has 1 heterocycles. The quantitative estimate of drug-likeness (QED) is 0.899. The highest BCUT2D eigenvalue weighted by atomic mass is 32.2. The molecule has 1 aromatic carbocycles. The van der Waals surface area contributed by atoms with E-state index in [0.717, 1.165) is 17.7 Å². The number of carboxylic acid groups (broad SMARTS) is 1. The van der Waals surface area contributed by atoms with Crippen LogP contribution >= 0.6 is 0 Å². The monoisotopic (exact) mass is 282 g/mol. The van der Waals surface area contributed by atoms with Crippen molar-refractivity contribution in [1.29, 1.82) is 0 Å². The number of hydrogen-bond donors (Lipinski definition) is 1. The molecule has 0 fully saturated rings. The molecule has 19 heavy (non-hydrogen) atoms. The molecule has 0 radical (unpaired) electrons. The van der Waals surface area contributed by atoms with Gasteiger partial charge >= 0.3 is 5.97 Å². The summed E-state index contributed by atoms with van der Waals surface area (Å²) >= 11 is 0. The Hall–Kier alpha value is -1.36. The molecule has 0 spiro atoms. The minimum absolute atomic E-state index is 0.0442. The third-order valence-corrected chi connectivity index (χ3v) is 5.15. The smallest absolute Gasteiger partial charge is 0.304 e. The van der Waals surface area contributed by atoms with Gasteiger partial charge in [-0.05, 0) is 18.1 Å². The van der Waals surface area contributed by atoms with Crippen LogP contribution in [0.25, 0.3) is 0 Å². The second kappa shape index (κ2) is 6.19. The van der Waals surface area contributed by atoms with Crippen LogP contribution in [0.15, 0.2) is 24.3 Å². The van der Waals surface area contributed by atoms with Crippen LogP contribution in [-0.2, 0) is 15.6 Å². The molecule has 5 heteroatoms. The Kier molecular flexibility index (Phi) is 4.58. The normalized spacial score (nSPS) is 21.0. The van der Waals surface area contributed by atoms with Crippen molar-refractivity contribution >= 4 is 16.8 Å². The largest absolute Gasteiger partial charge is 0.493 e. The van der Waals surface area contributed by atoms with Crippen molar-refractivity contribution in [2.75, 3.05) is 12.4 Å². The van der Waals surface area contributed by atoms with Crippen LogP contribution in [0.3, 0.4) is 0 Å². The van der Waals surface area contributed by atoms with E-state index in [1.165, 1.54) is 0 Å². The predicted octanol–water partition coefficient (Wildman–Crippen LogP) is 2.16. The Morgan fingerprint density at radius 3 is 3.00 bits per heavy atom. The van der Waals surface area contributed by atoms with Gasteiger partial charge in [-0.15, -0.1) is 0 Å². The zero-order valence-corrected chi connectivity index (χ0v) is 11.7. The van der Waals surface area contributed by atoms with E-state index in [0.29, 0.717) is 12.4 Å². The zero-order chi connectivity index (χ0) is 13.8. The van der Waals surface area contributed by atoms with Crippen LogP contribution in [0.1, 0.15) is 31.2 Å². The van der Waals surface area contributed by atoms with Gasteiger partial charge < -0.3 is 9.84 Å². The molecule has 0 bridgehead atoms. The van der Waals surface area contributed by atoms with E-state index in [4.69, 9.17) is 9.84 Å². The highest BCUT2D eigenvalue weighted by molar-refractivity contribution is 7.85. The standard InChI is InChI=1S/C14H18O4S/c1-10(8-14(15)16)19(17)9-11-6-7-18-13-5-3-2-4-12(11)13/h2-5,10-11H,6-9H2,1H3,(H,15,16). The topological polar surface area (TPSA) is 63.6 Å². The Morgan fingerprint density at radius 2 is 2.26 bits per heavy atom. The van der Waals surface area contributed by atoms with Gasteiger partial charge in [0.1, 0.15) is 5.75 Å². The summed E-state index contributed by atoms with van der Waals surface area (Å²) in [6.07, 6.45) is 0.792. The first-order valence-electron chi connectivity index (χ1n) is 6.38. The lowest BCUT2D eigenvalue weighted by atomic mass is 9.95. The number of carbonyl (C=O) groups is 1. The van der Waals surface area contributed by atoms with E-state index in [1.807, 2.05) is 24.3 Å². The third kappa shape index (κ3) is 3.56. The summed E-state index contributed by atoms with van der Waals surface area (Å²) in [6, 6.07) is 7.79. The highest BCUT2D eigenvalue weighted by Gasteiger charge is 2.25. The first kappa shape index (κ1) is 14.1. The number of para-hydroxylation sites is 1. The van der Waals surface area contributed by atoms with E-state index < -0.39 is 16.8 Å². The van der Waals surface area contributed by atoms with Crippen molar-refractivity contribution in [3.63, 3.8) is 0 Å². The molecule has 2 rings (SSSR count). The van der Waals surface area contributed by atoms with Gasteiger partial charge in [0.05, 0.1) is 13.0 Å². The summed E-state index contributed by atoms with van der Waals surface area (Å²) in [6.45, 7) is 2.36. The lowest BCUT2D eigenvalue weighted by Crippen LogP contribution is -2.24. The molecule has 0 aliphatic carbocycles. The summed E-state index contributed by atoms with van der Waals surface area (Å²) in [5, 5.41) is 8.43. The van der Waals surface area contributed by atoms with Crippen LogP contribution in [0.4, 0.5) is 0 Å². The number of carboxylic acids is 1. The van der Waals surface area contributed by atoms with Crippen LogP contribution in [0, 0.1) is 0 Å². The maximum Gasteiger partial charge on any atom is 0.304 e. The van der Waals surface area contributed by atoms with Gasteiger partial charge in [-0.2, -0.15) is 0 Å². The number of hydrogen-bond acceptors (Lipinski definition) is 3. The molecule has 3 unspecified atom stereocenters. The van der Waals surface area contributed by atoms with Crippen molar-refractivity contribution in [2.45, 2.75) is 30.9 Å². The molecule has 0 saturated carbocycles. The van der Waals surface area contributed by atoms with Crippen LogP contribution in [0.2, 0.25) is 0 Å². The summed E-state index contributed by atoms with van der Waals surface area (Å²) in [7, 11) is -1.13. The molecule has 1 aromatic rings. The average molecular weight is 282 g/mol. The second-order valence-electron chi connectivity index (χ2n) is 4.83. The molecule has 4 nitrogen and oxygen atoms in total. The minimum Gasteiger partial charge on any atom is -0.493 e. The van der Waals surface area contributed by atoms with Crippen molar-refractivity contribution in [3.8, 4) is 5.75 Å². The third-order valence-electron chi connectivity index (χ3n) is 3.36. The first-order valence-corrected chi connectivity index (χ1v) is 7.77. The van der Waals surface area contributed by atoms with E-state index >= 15 is 0 Å². The Labute approximate surface area is 115 Å². The van der Waals surface area contributed by atoms with Crippen LogP contribution in [0.5, 0.6) is 5.75 Å². The number of benzene rings is 1. The van der Waals surface area contributed by atoms with Gasteiger partial charge in [-0.1, -0.05) is 25.1 Å². The Morgan fingerprint density at radius 1 is 1.53 bits per heavy atom. The van der Waals surface area contributed by atoms with E-state index in [2.05, 4.69) is 0 Å². The molecule has 1 aliphatic rings. The van der Waals surface area contributed by atoms with Crippen molar-refractivity contribution < 1.29 is 18.8 Å². The van der Waals surface area contributed by atoms with Gasteiger partial charge in [-0.25, -0.2) is 0 Å². The fourth-order valence-electron chi connectivity index (χ4n) is 2.29. The van der Waals surface area contributed by atoms with E-state index in [9.17, 15) is 9.00 Å². The maximum atomic E-state index is 12.2. The van der Waals surface area contributed by atoms with Gasteiger partial charge in [0, 0.05) is 27.7 Å². The van der Waals surface area contributed by atoms with Crippen LogP contribution in [-0.4, -0.2) is 32.9 Å². The maximum absolute atomic E-state index is 12.2. The minimum atomic E-state index is -1.13. The summed E-state index contributed by atoms with van der Waals surface area (Å²) < 4.78 is 17.7. The number of ether oxygens (including phenoxy) is 1. The molecule has 0 amide bonds. The number of fused-ring (bicyclic) bond motifs is 1. The summed E-state index contributed by atoms with van der Waals surface area (Å²) in [5.74, 6) is 0.673. The fraction of sp³-hybridized carbons (Fsp3) is 0.500. The molecule has 3 atom stereocenters. The molecular weight excluding hydrogens is 264 g/mol. The van der Waals surface area contributed by atoms with Crippen molar-refractivity contribution in [1.82, 2.24) is 0 Å². The van der Waals surface area contributed by atoms with Gasteiger partial charge in [0.2, 0.25) is 0 Å². The fourth-order valence-corrected chi connectivity index (χ4v) is 3.69. The average Bonchev–Trinajstić information content (AvgIpc) is 2.38. The lowest BCUT2D eigenvalue weighted by Gasteiger charge is -2.26. The van der Waals surface area contributed by atoms with Crippen LogP contribution < -0.4 is 4.74 Å². The lowest BCUT2D eigenvalue weighted by molar-refractivity contribution is -0.136. The zero-order valence-electron chi connectivity index (χ0n) is 10.9. The molecule has 1 aliphatic heterocycles. The number of aliphatic carboxylic acids is 1. The molecule has 1 N–H and O–H groups in total. The van der Waals surface area contributed by atoms with Crippen molar-refractivity contribution in [2.24, 2.45) is 0 Å². The molecule has 0 aromatic heterocycles. The second-order valence-corrected chi connectivity index (χ2v) is 6.73.